The van der Waals surface area contributed by atoms with Crippen LogP contribution in [0.15, 0.2) is 28.7 Å². The van der Waals surface area contributed by atoms with Crippen LogP contribution in [-0.2, 0) is 4.74 Å². The zero-order valence-corrected chi connectivity index (χ0v) is 13.4. The zero-order valence-electron chi connectivity index (χ0n) is 11.8. The highest BCUT2D eigenvalue weighted by Crippen LogP contribution is 2.22. The molecule has 1 fully saturated rings. The molecule has 1 saturated heterocycles. The molecule has 0 bridgehead atoms. The summed E-state index contributed by atoms with van der Waals surface area (Å²) in [6.45, 7) is 5.21. The largest absolute Gasteiger partial charge is 0.381 e. The van der Waals surface area contributed by atoms with Gasteiger partial charge in [-0.1, -0.05) is 19.1 Å². The first-order valence-electron chi connectivity index (χ1n) is 7.09. The van der Waals surface area contributed by atoms with E-state index in [1.165, 1.54) is 0 Å². The molecule has 2 amide bonds. The maximum Gasteiger partial charge on any atom is 0.321 e. The van der Waals surface area contributed by atoms with Crippen LogP contribution in [-0.4, -0.2) is 37.2 Å². The van der Waals surface area contributed by atoms with Gasteiger partial charge in [0, 0.05) is 30.1 Å². The molecule has 1 atom stereocenters. The van der Waals surface area contributed by atoms with Gasteiger partial charge >= 0.3 is 6.03 Å². The molecule has 1 aliphatic heterocycles. The van der Waals surface area contributed by atoms with Gasteiger partial charge in [0.25, 0.3) is 0 Å². The first-order valence-corrected chi connectivity index (χ1v) is 7.88. The molecule has 5 heteroatoms. The first kappa shape index (κ1) is 15.3. The van der Waals surface area contributed by atoms with Crippen LogP contribution in [0.2, 0.25) is 0 Å². The highest BCUT2D eigenvalue weighted by molar-refractivity contribution is 9.10. The van der Waals surface area contributed by atoms with E-state index in [0.717, 1.165) is 49.3 Å². The Bertz CT molecular complexity index is 447. The summed E-state index contributed by atoms with van der Waals surface area (Å²) in [7, 11) is 0. The number of carbonyl (C=O) groups excluding carboxylic acids is 1. The molecule has 1 N–H and O–H groups in total. The molecule has 0 aliphatic carbocycles. The highest BCUT2D eigenvalue weighted by Gasteiger charge is 2.22. The molecule has 0 aromatic heterocycles. The summed E-state index contributed by atoms with van der Waals surface area (Å²) in [6, 6.07) is 7.62. The van der Waals surface area contributed by atoms with E-state index in [9.17, 15) is 4.79 Å². The number of rotatable bonds is 5. The van der Waals surface area contributed by atoms with Crippen LogP contribution in [0.5, 0.6) is 0 Å². The highest BCUT2D eigenvalue weighted by atomic mass is 79.9. The van der Waals surface area contributed by atoms with Crippen molar-refractivity contribution in [3.05, 3.63) is 28.7 Å². The lowest BCUT2D eigenvalue weighted by Gasteiger charge is -2.25. The quantitative estimate of drug-likeness (QED) is 0.887. The number of amides is 2. The van der Waals surface area contributed by atoms with Gasteiger partial charge in [0.15, 0.2) is 0 Å². The third kappa shape index (κ3) is 4.21. The van der Waals surface area contributed by atoms with Crippen LogP contribution in [0, 0.1) is 5.92 Å². The van der Waals surface area contributed by atoms with Crippen LogP contribution in [0.4, 0.5) is 10.5 Å². The minimum atomic E-state index is -0.0364. The maximum atomic E-state index is 12.4. The minimum Gasteiger partial charge on any atom is -0.381 e. The van der Waals surface area contributed by atoms with Crippen molar-refractivity contribution < 1.29 is 9.53 Å². The Labute approximate surface area is 128 Å². The van der Waals surface area contributed by atoms with Gasteiger partial charge in [0.2, 0.25) is 0 Å². The fourth-order valence-electron chi connectivity index (χ4n) is 2.34. The number of anilines is 1. The fraction of sp³-hybridized carbons (Fsp3) is 0.533. The van der Waals surface area contributed by atoms with Gasteiger partial charge < -0.3 is 15.0 Å². The Morgan fingerprint density at radius 2 is 2.30 bits per heavy atom. The number of nitrogens with one attached hydrogen (secondary N) is 1. The topological polar surface area (TPSA) is 41.6 Å². The predicted octanol–water partition coefficient (Wildman–Crippen LogP) is 3.73. The molecule has 0 radical (unpaired) electrons. The molecular formula is C15H21BrN2O2. The summed E-state index contributed by atoms with van der Waals surface area (Å²) >= 11 is 3.45. The normalized spacial score (nSPS) is 18.0. The number of halogens is 1. The molecule has 20 heavy (non-hydrogen) atoms. The Kier molecular flexibility index (Phi) is 5.86. The molecule has 1 aromatic carbocycles. The van der Waals surface area contributed by atoms with E-state index in [1.807, 2.05) is 29.2 Å². The van der Waals surface area contributed by atoms with Gasteiger partial charge in [-0.3, -0.25) is 0 Å². The Hall–Kier alpha value is -1.07. The number of para-hydroxylation sites is 1. The SMILES string of the molecule is CCCN(C[C@H]1CCOC1)C(=O)Nc1ccccc1Br. The molecule has 0 spiro atoms. The number of ether oxygens (including phenoxy) is 1. The summed E-state index contributed by atoms with van der Waals surface area (Å²) in [5, 5.41) is 2.97. The average molecular weight is 341 g/mol. The van der Waals surface area contributed by atoms with E-state index in [1.54, 1.807) is 0 Å². The Morgan fingerprint density at radius 3 is 2.95 bits per heavy atom. The first-order chi connectivity index (χ1) is 9.70. The van der Waals surface area contributed by atoms with E-state index in [2.05, 4.69) is 28.2 Å². The van der Waals surface area contributed by atoms with E-state index in [4.69, 9.17) is 4.74 Å². The van der Waals surface area contributed by atoms with Crippen molar-refractivity contribution in [1.29, 1.82) is 0 Å². The number of hydrogen-bond acceptors (Lipinski definition) is 2. The number of benzene rings is 1. The molecule has 2 rings (SSSR count). The summed E-state index contributed by atoms with van der Waals surface area (Å²) < 4.78 is 6.28. The van der Waals surface area contributed by atoms with Crippen LogP contribution in [0.3, 0.4) is 0 Å². The molecule has 110 valence electrons. The van der Waals surface area contributed by atoms with Crippen LogP contribution in [0.1, 0.15) is 19.8 Å². The molecule has 4 nitrogen and oxygen atoms in total. The molecule has 0 saturated carbocycles. The minimum absolute atomic E-state index is 0.0364. The van der Waals surface area contributed by atoms with Crippen molar-refractivity contribution in [2.75, 3.05) is 31.6 Å². The fourth-order valence-corrected chi connectivity index (χ4v) is 2.73. The number of carbonyl (C=O) groups is 1. The van der Waals surface area contributed by atoms with Crippen LogP contribution < -0.4 is 5.32 Å². The number of urea groups is 1. The van der Waals surface area contributed by atoms with Crippen molar-refractivity contribution in [1.82, 2.24) is 4.90 Å². The molecule has 0 unspecified atom stereocenters. The predicted molar refractivity (Wildman–Crippen MR) is 84.0 cm³/mol. The monoisotopic (exact) mass is 340 g/mol. The van der Waals surface area contributed by atoms with Crippen molar-refractivity contribution in [3.63, 3.8) is 0 Å². The third-order valence-corrected chi connectivity index (χ3v) is 4.09. The lowest BCUT2D eigenvalue weighted by atomic mass is 10.1. The van der Waals surface area contributed by atoms with E-state index >= 15 is 0 Å². The van der Waals surface area contributed by atoms with E-state index in [-0.39, 0.29) is 6.03 Å². The van der Waals surface area contributed by atoms with Crippen molar-refractivity contribution in [2.24, 2.45) is 5.92 Å². The molecule has 1 aromatic rings. The van der Waals surface area contributed by atoms with E-state index in [0.29, 0.717) is 5.92 Å². The third-order valence-electron chi connectivity index (χ3n) is 3.40. The molecular weight excluding hydrogens is 320 g/mol. The molecule has 1 aliphatic rings. The smallest absolute Gasteiger partial charge is 0.321 e. The summed E-state index contributed by atoms with van der Waals surface area (Å²) in [4.78, 5) is 14.3. The standard InChI is InChI=1S/C15H21BrN2O2/c1-2-8-18(10-12-7-9-20-11-12)15(19)17-14-6-4-3-5-13(14)16/h3-6,12H,2,7-11H2,1H3,(H,17,19)/t12-/m1/s1. The van der Waals surface area contributed by atoms with Gasteiger partial charge in [-0.2, -0.15) is 0 Å². The molecule has 1 heterocycles. The average Bonchev–Trinajstić information content (AvgIpc) is 2.94. The second kappa shape index (κ2) is 7.64. The van der Waals surface area contributed by atoms with Gasteiger partial charge in [0.1, 0.15) is 0 Å². The second-order valence-corrected chi connectivity index (χ2v) is 5.94. The summed E-state index contributed by atoms with van der Waals surface area (Å²) in [5.74, 6) is 0.464. The lowest BCUT2D eigenvalue weighted by molar-refractivity contribution is 0.169. The summed E-state index contributed by atoms with van der Waals surface area (Å²) in [5.41, 5.74) is 0.807. The van der Waals surface area contributed by atoms with Gasteiger partial charge in [-0.25, -0.2) is 4.79 Å². The van der Waals surface area contributed by atoms with Crippen LogP contribution in [0.25, 0.3) is 0 Å². The van der Waals surface area contributed by atoms with Crippen molar-refractivity contribution >= 4 is 27.6 Å². The zero-order chi connectivity index (χ0) is 14.4. The van der Waals surface area contributed by atoms with Gasteiger partial charge in [0.05, 0.1) is 12.3 Å². The van der Waals surface area contributed by atoms with Gasteiger partial charge in [-0.15, -0.1) is 0 Å². The number of hydrogen-bond donors (Lipinski definition) is 1. The Morgan fingerprint density at radius 1 is 1.50 bits per heavy atom. The Balaban J connectivity index is 1.97. The van der Waals surface area contributed by atoms with Crippen molar-refractivity contribution in [3.8, 4) is 0 Å². The number of nitrogens with zero attached hydrogens (tertiary/aromatic N) is 1. The maximum absolute atomic E-state index is 12.4. The van der Waals surface area contributed by atoms with Crippen molar-refractivity contribution in [2.45, 2.75) is 19.8 Å². The summed E-state index contributed by atoms with van der Waals surface area (Å²) in [6.07, 6.45) is 2.00. The second-order valence-electron chi connectivity index (χ2n) is 5.09. The van der Waals surface area contributed by atoms with Crippen LogP contribution >= 0.6 is 15.9 Å². The van der Waals surface area contributed by atoms with Gasteiger partial charge in [-0.05, 0) is 40.9 Å². The van der Waals surface area contributed by atoms with E-state index < -0.39 is 0 Å². The lowest BCUT2D eigenvalue weighted by Crippen LogP contribution is -2.39.